The van der Waals surface area contributed by atoms with E-state index < -0.39 is 0 Å². The molecule has 0 aromatic carbocycles. The van der Waals surface area contributed by atoms with E-state index in [1.165, 1.54) is 0 Å². The second-order valence-electron chi connectivity index (χ2n) is 5.06. The van der Waals surface area contributed by atoms with E-state index in [-0.39, 0.29) is 5.79 Å². The first kappa shape index (κ1) is 12.4. The maximum absolute atomic E-state index is 9.02. The minimum Gasteiger partial charge on any atom is -0.356 e. The molecule has 0 unspecified atom stereocenters. The Hall–Kier alpha value is -1.64. The molecule has 3 heterocycles. The highest BCUT2D eigenvalue weighted by Crippen LogP contribution is 2.32. The zero-order chi connectivity index (χ0) is 13.3. The Balaban J connectivity index is 1.74. The Morgan fingerprint density at radius 2 is 1.95 bits per heavy atom. The molecule has 0 amide bonds. The zero-order valence-corrected chi connectivity index (χ0v) is 11.1. The Morgan fingerprint density at radius 3 is 2.58 bits per heavy atom. The molecule has 5 nitrogen and oxygen atoms in total. The van der Waals surface area contributed by atoms with Gasteiger partial charge in [0.15, 0.2) is 5.79 Å². The summed E-state index contributed by atoms with van der Waals surface area (Å²) < 4.78 is 11.4. The number of nitrogens with zero attached hydrogens (tertiary/aromatic N) is 3. The Labute approximate surface area is 112 Å². The average Bonchev–Trinajstić information content (AvgIpc) is 2.87. The number of ether oxygens (including phenoxy) is 2. The van der Waals surface area contributed by atoms with Crippen LogP contribution in [0.25, 0.3) is 0 Å². The van der Waals surface area contributed by atoms with Gasteiger partial charge in [-0.1, -0.05) is 0 Å². The van der Waals surface area contributed by atoms with Crippen molar-refractivity contribution in [3.8, 4) is 6.07 Å². The Morgan fingerprint density at radius 1 is 1.26 bits per heavy atom. The van der Waals surface area contributed by atoms with Crippen molar-refractivity contribution in [2.45, 2.75) is 25.6 Å². The van der Waals surface area contributed by atoms with Crippen LogP contribution in [0.3, 0.4) is 0 Å². The van der Waals surface area contributed by atoms with Gasteiger partial charge in [-0.05, 0) is 19.1 Å². The van der Waals surface area contributed by atoms with Crippen molar-refractivity contribution in [1.82, 2.24) is 4.98 Å². The Bertz CT molecular complexity index is 508. The number of pyridine rings is 1. The lowest BCUT2D eigenvalue weighted by Crippen LogP contribution is -2.45. The van der Waals surface area contributed by atoms with E-state index in [1.807, 2.05) is 13.0 Å². The van der Waals surface area contributed by atoms with Crippen LogP contribution in [0.15, 0.2) is 12.1 Å². The Kier molecular flexibility index (Phi) is 3.13. The van der Waals surface area contributed by atoms with Crippen molar-refractivity contribution >= 4 is 5.82 Å². The summed E-state index contributed by atoms with van der Waals surface area (Å²) in [6.45, 7) is 5.00. The molecule has 1 aromatic heterocycles. The van der Waals surface area contributed by atoms with Crippen molar-refractivity contribution in [3.05, 3.63) is 23.4 Å². The molecular formula is C14H17N3O2. The number of rotatable bonds is 1. The van der Waals surface area contributed by atoms with Gasteiger partial charge in [0.05, 0.1) is 24.8 Å². The van der Waals surface area contributed by atoms with Crippen LogP contribution in [0.1, 0.15) is 24.1 Å². The molecule has 0 N–H and O–H groups in total. The van der Waals surface area contributed by atoms with Gasteiger partial charge in [0, 0.05) is 31.6 Å². The largest absolute Gasteiger partial charge is 0.356 e. The van der Waals surface area contributed by atoms with Gasteiger partial charge in [0.25, 0.3) is 0 Å². The molecule has 2 aliphatic heterocycles. The topological polar surface area (TPSA) is 58.4 Å². The highest BCUT2D eigenvalue weighted by Gasteiger charge is 2.40. The summed E-state index contributed by atoms with van der Waals surface area (Å²) in [5, 5.41) is 9.02. The highest BCUT2D eigenvalue weighted by molar-refractivity contribution is 5.47. The fraction of sp³-hybridized carbons (Fsp3) is 0.571. The predicted molar refractivity (Wildman–Crippen MR) is 69.8 cm³/mol. The number of anilines is 1. The van der Waals surface area contributed by atoms with Gasteiger partial charge >= 0.3 is 0 Å². The summed E-state index contributed by atoms with van der Waals surface area (Å²) in [7, 11) is 0. The van der Waals surface area contributed by atoms with Crippen molar-refractivity contribution in [2.75, 3.05) is 31.2 Å². The van der Waals surface area contributed by atoms with E-state index in [9.17, 15) is 0 Å². The van der Waals surface area contributed by atoms with Crippen molar-refractivity contribution < 1.29 is 9.47 Å². The average molecular weight is 259 g/mol. The van der Waals surface area contributed by atoms with Crippen LogP contribution >= 0.6 is 0 Å². The normalized spacial score (nSPS) is 21.6. The van der Waals surface area contributed by atoms with Gasteiger partial charge < -0.3 is 14.4 Å². The van der Waals surface area contributed by atoms with E-state index in [2.05, 4.69) is 16.0 Å². The van der Waals surface area contributed by atoms with E-state index in [1.54, 1.807) is 6.07 Å². The molecule has 0 bridgehead atoms. The molecule has 2 fully saturated rings. The maximum atomic E-state index is 9.02. The van der Waals surface area contributed by atoms with Crippen molar-refractivity contribution in [1.29, 1.82) is 5.26 Å². The quantitative estimate of drug-likeness (QED) is 0.766. The van der Waals surface area contributed by atoms with Crippen LogP contribution < -0.4 is 4.90 Å². The van der Waals surface area contributed by atoms with E-state index >= 15 is 0 Å². The fourth-order valence-corrected chi connectivity index (χ4v) is 2.74. The third-order valence-electron chi connectivity index (χ3n) is 3.73. The van der Waals surface area contributed by atoms with Gasteiger partial charge in [0.1, 0.15) is 5.82 Å². The van der Waals surface area contributed by atoms with Crippen LogP contribution in [-0.4, -0.2) is 37.1 Å². The molecule has 0 saturated carbocycles. The van der Waals surface area contributed by atoms with Crippen LogP contribution in [0.2, 0.25) is 0 Å². The molecule has 3 rings (SSSR count). The van der Waals surface area contributed by atoms with Crippen LogP contribution in [0.5, 0.6) is 0 Å². The van der Waals surface area contributed by atoms with E-state index in [0.29, 0.717) is 18.8 Å². The van der Waals surface area contributed by atoms with Gasteiger partial charge in [-0.2, -0.15) is 5.26 Å². The number of aromatic nitrogens is 1. The molecule has 1 aromatic rings. The minimum absolute atomic E-state index is 0.363. The third-order valence-corrected chi connectivity index (χ3v) is 3.73. The summed E-state index contributed by atoms with van der Waals surface area (Å²) in [6, 6.07) is 5.83. The summed E-state index contributed by atoms with van der Waals surface area (Å²) in [6.07, 6.45) is 1.70. The van der Waals surface area contributed by atoms with Gasteiger partial charge in [-0.25, -0.2) is 4.98 Å². The van der Waals surface area contributed by atoms with Gasteiger partial charge in [0.2, 0.25) is 0 Å². The van der Waals surface area contributed by atoms with E-state index in [4.69, 9.17) is 14.7 Å². The van der Waals surface area contributed by atoms with E-state index in [0.717, 1.165) is 37.4 Å². The first-order valence-electron chi connectivity index (χ1n) is 6.62. The van der Waals surface area contributed by atoms with Crippen molar-refractivity contribution in [2.24, 2.45) is 0 Å². The molecular weight excluding hydrogens is 242 g/mol. The van der Waals surface area contributed by atoms with Gasteiger partial charge in [-0.15, -0.1) is 0 Å². The smallest absolute Gasteiger partial charge is 0.171 e. The number of aryl methyl sites for hydroxylation is 1. The van der Waals surface area contributed by atoms with Crippen LogP contribution in [0.4, 0.5) is 5.82 Å². The predicted octanol–water partition coefficient (Wildman–Crippen LogP) is 1.60. The standard InChI is InChI=1S/C14H17N3O2/c1-11-8-12(10-15)9-13(16-11)17-4-2-14(3-5-17)18-6-7-19-14/h8-9H,2-7H2,1H3. The number of piperidine rings is 1. The first-order valence-corrected chi connectivity index (χ1v) is 6.62. The number of hydrogen-bond acceptors (Lipinski definition) is 5. The molecule has 0 radical (unpaired) electrons. The second kappa shape index (κ2) is 4.80. The fourth-order valence-electron chi connectivity index (χ4n) is 2.74. The molecule has 2 saturated heterocycles. The molecule has 100 valence electrons. The molecule has 0 aliphatic carbocycles. The van der Waals surface area contributed by atoms with Crippen LogP contribution in [0, 0.1) is 18.3 Å². The minimum atomic E-state index is -0.363. The first-order chi connectivity index (χ1) is 9.21. The molecule has 1 spiro atoms. The van der Waals surface area contributed by atoms with Gasteiger partial charge in [-0.3, -0.25) is 0 Å². The number of hydrogen-bond donors (Lipinski definition) is 0. The summed E-state index contributed by atoms with van der Waals surface area (Å²) in [5.41, 5.74) is 1.54. The lowest BCUT2D eigenvalue weighted by molar-refractivity contribution is -0.169. The zero-order valence-electron chi connectivity index (χ0n) is 11.1. The maximum Gasteiger partial charge on any atom is 0.171 e. The molecule has 0 atom stereocenters. The molecule has 5 heteroatoms. The lowest BCUT2D eigenvalue weighted by Gasteiger charge is -2.38. The summed E-state index contributed by atoms with van der Waals surface area (Å²) in [4.78, 5) is 6.71. The summed E-state index contributed by atoms with van der Waals surface area (Å²) >= 11 is 0. The second-order valence-corrected chi connectivity index (χ2v) is 5.06. The molecule has 2 aliphatic rings. The molecule has 19 heavy (non-hydrogen) atoms. The number of nitriles is 1. The summed E-state index contributed by atoms with van der Waals surface area (Å²) in [5.74, 6) is 0.516. The SMILES string of the molecule is Cc1cc(C#N)cc(N2CCC3(CC2)OCCO3)n1. The van der Waals surface area contributed by atoms with Crippen molar-refractivity contribution in [3.63, 3.8) is 0 Å². The third kappa shape index (κ3) is 2.42. The lowest BCUT2D eigenvalue weighted by atomic mass is 10.0. The monoisotopic (exact) mass is 259 g/mol. The highest BCUT2D eigenvalue weighted by atomic mass is 16.7. The van der Waals surface area contributed by atoms with Crippen LogP contribution in [-0.2, 0) is 9.47 Å².